The summed E-state index contributed by atoms with van der Waals surface area (Å²) in [6.45, 7) is 6.11. The average Bonchev–Trinajstić information content (AvgIpc) is 3.03. The summed E-state index contributed by atoms with van der Waals surface area (Å²) in [5.41, 5.74) is 7.02. The van der Waals surface area contributed by atoms with Gasteiger partial charge in [0.1, 0.15) is 11.1 Å². The van der Waals surface area contributed by atoms with Crippen molar-refractivity contribution in [1.29, 1.82) is 5.26 Å². The fourth-order valence-electron chi connectivity index (χ4n) is 3.42. The number of carbonyl (C=O) groups excluding carboxylic acids is 1. The van der Waals surface area contributed by atoms with Gasteiger partial charge in [0.25, 0.3) is 0 Å². The van der Waals surface area contributed by atoms with Gasteiger partial charge in [-0.05, 0) is 49.4 Å². The summed E-state index contributed by atoms with van der Waals surface area (Å²) < 4.78 is 7.30. The van der Waals surface area contributed by atoms with E-state index in [-0.39, 0.29) is 5.97 Å². The number of thioether (sulfide) groups is 1. The van der Waals surface area contributed by atoms with E-state index in [1.165, 1.54) is 17.3 Å². The topological polar surface area (TPSA) is 54.5 Å². The van der Waals surface area contributed by atoms with Gasteiger partial charge in [0.05, 0.1) is 23.4 Å². The third-order valence-electron chi connectivity index (χ3n) is 4.72. The molecule has 1 aliphatic heterocycles. The number of nitriles is 1. The van der Waals surface area contributed by atoms with Gasteiger partial charge in [0.15, 0.2) is 0 Å². The lowest BCUT2D eigenvalue weighted by molar-refractivity contribution is -0.136. The van der Waals surface area contributed by atoms with Crippen LogP contribution in [0.2, 0.25) is 0 Å². The first kappa shape index (κ1) is 17.4. The fraction of sp³-hybridized carbons (Fsp3) is 0.182. The van der Waals surface area contributed by atoms with Crippen molar-refractivity contribution in [1.82, 2.24) is 4.40 Å². The highest BCUT2D eigenvalue weighted by atomic mass is 32.2. The van der Waals surface area contributed by atoms with Crippen molar-refractivity contribution in [2.75, 3.05) is 6.61 Å². The van der Waals surface area contributed by atoms with Crippen molar-refractivity contribution >= 4 is 28.8 Å². The van der Waals surface area contributed by atoms with E-state index in [1.807, 2.05) is 24.3 Å². The van der Waals surface area contributed by atoms with Crippen molar-refractivity contribution in [3.05, 3.63) is 64.2 Å². The van der Waals surface area contributed by atoms with Gasteiger partial charge in [-0.15, -0.1) is 0 Å². The zero-order valence-corrected chi connectivity index (χ0v) is 16.2. The van der Waals surface area contributed by atoms with Gasteiger partial charge >= 0.3 is 5.97 Å². The molecule has 0 aliphatic carbocycles. The van der Waals surface area contributed by atoms with Crippen LogP contribution in [0.4, 0.5) is 0 Å². The molecule has 0 spiro atoms. The second-order valence-electron chi connectivity index (χ2n) is 6.52. The van der Waals surface area contributed by atoms with Gasteiger partial charge in [0.2, 0.25) is 0 Å². The maximum absolute atomic E-state index is 12.6. The fourth-order valence-corrected chi connectivity index (χ4v) is 4.48. The molecule has 5 heteroatoms. The number of nitrogens with zero attached hydrogens (tertiary/aromatic N) is 2. The second kappa shape index (κ2) is 6.64. The van der Waals surface area contributed by atoms with Crippen molar-refractivity contribution in [2.45, 2.75) is 25.8 Å². The molecule has 27 heavy (non-hydrogen) atoms. The smallest absolute Gasteiger partial charge is 0.340 e. The molecular formula is C22H18N2O2S. The minimum absolute atomic E-state index is 0.319. The lowest BCUT2D eigenvalue weighted by Crippen LogP contribution is -2.13. The monoisotopic (exact) mass is 374 g/mol. The molecule has 0 fully saturated rings. The van der Waals surface area contributed by atoms with Gasteiger partial charge in [-0.3, -0.25) is 0 Å². The summed E-state index contributed by atoms with van der Waals surface area (Å²) >= 11 is 1.40. The number of benzene rings is 1. The van der Waals surface area contributed by atoms with Gasteiger partial charge in [-0.2, -0.15) is 5.26 Å². The van der Waals surface area contributed by atoms with Crippen molar-refractivity contribution in [2.24, 2.45) is 0 Å². The minimum Gasteiger partial charge on any atom is -0.462 e. The number of aromatic nitrogens is 1. The maximum Gasteiger partial charge on any atom is 0.340 e. The van der Waals surface area contributed by atoms with Crippen molar-refractivity contribution in [3.63, 3.8) is 0 Å². The molecule has 0 bridgehead atoms. The van der Waals surface area contributed by atoms with E-state index in [1.54, 1.807) is 12.3 Å². The number of carbonyl (C=O) groups is 1. The Morgan fingerprint density at radius 1 is 1.22 bits per heavy atom. The normalized spacial score (nSPS) is 12.6. The van der Waals surface area contributed by atoms with Gasteiger partial charge < -0.3 is 9.14 Å². The summed E-state index contributed by atoms with van der Waals surface area (Å²) in [5, 5.41) is 12.3. The van der Waals surface area contributed by atoms with Crippen LogP contribution in [0, 0.1) is 25.2 Å². The first-order valence-corrected chi connectivity index (χ1v) is 9.63. The molecule has 0 unspecified atom stereocenters. The first-order chi connectivity index (χ1) is 13.0. The van der Waals surface area contributed by atoms with Crippen LogP contribution in [-0.4, -0.2) is 17.0 Å². The number of pyridine rings is 1. The van der Waals surface area contributed by atoms with Crippen LogP contribution in [0.15, 0.2) is 46.8 Å². The summed E-state index contributed by atoms with van der Waals surface area (Å²) in [6.07, 6.45) is 0. The van der Waals surface area contributed by atoms with Gasteiger partial charge in [-0.25, -0.2) is 4.79 Å². The van der Waals surface area contributed by atoms with Crippen LogP contribution in [-0.2, 0) is 9.53 Å². The summed E-state index contributed by atoms with van der Waals surface area (Å²) in [6, 6.07) is 14.6. The minimum atomic E-state index is -0.344. The van der Waals surface area contributed by atoms with Gasteiger partial charge in [0, 0.05) is 11.1 Å². The van der Waals surface area contributed by atoms with Crippen LogP contribution in [0.3, 0.4) is 0 Å². The molecule has 3 aromatic rings. The Kier molecular flexibility index (Phi) is 4.29. The standard InChI is InChI=1S/C22H18N2O2S/c1-4-26-22(25)19-12-27-21-18(11-23)14(3)9-16-10-17(20(19)24(16)21)15-7-5-13(2)6-8-15/h5-10,12H,4H2,1-3H3. The lowest BCUT2D eigenvalue weighted by Gasteiger charge is -2.19. The largest absolute Gasteiger partial charge is 0.462 e. The lowest BCUT2D eigenvalue weighted by atomic mass is 10.0. The van der Waals surface area contributed by atoms with E-state index in [0.29, 0.717) is 17.7 Å². The highest BCUT2D eigenvalue weighted by molar-refractivity contribution is 8.02. The summed E-state index contributed by atoms with van der Waals surface area (Å²) in [5.74, 6) is -0.344. The third kappa shape index (κ3) is 2.73. The van der Waals surface area contributed by atoms with Crippen LogP contribution in [0.1, 0.15) is 29.3 Å². The Morgan fingerprint density at radius 2 is 1.96 bits per heavy atom. The summed E-state index contributed by atoms with van der Waals surface area (Å²) in [7, 11) is 0. The summed E-state index contributed by atoms with van der Waals surface area (Å²) in [4.78, 5) is 12.6. The zero-order valence-electron chi connectivity index (χ0n) is 15.4. The highest BCUT2D eigenvalue weighted by Crippen LogP contribution is 2.42. The molecule has 0 saturated heterocycles. The Bertz CT molecular complexity index is 1150. The van der Waals surface area contributed by atoms with Crippen LogP contribution >= 0.6 is 11.8 Å². The number of esters is 1. The number of hydrogen-bond acceptors (Lipinski definition) is 4. The zero-order chi connectivity index (χ0) is 19.1. The van der Waals surface area contributed by atoms with E-state index in [2.05, 4.69) is 36.4 Å². The molecule has 1 aromatic carbocycles. The van der Waals surface area contributed by atoms with Crippen molar-refractivity contribution in [3.8, 4) is 17.2 Å². The SMILES string of the molecule is CCOC(=O)C1=CSc2c(C#N)c(C)cc3cc(-c4ccc(C)cc4)c1n23. The molecule has 0 radical (unpaired) electrons. The van der Waals surface area contributed by atoms with E-state index in [9.17, 15) is 10.1 Å². The predicted molar refractivity (Wildman–Crippen MR) is 107 cm³/mol. The molecule has 1 aliphatic rings. The molecule has 2 aromatic heterocycles. The quantitative estimate of drug-likeness (QED) is 0.598. The van der Waals surface area contributed by atoms with E-state index >= 15 is 0 Å². The predicted octanol–water partition coefficient (Wildman–Crippen LogP) is 5.10. The van der Waals surface area contributed by atoms with Crippen molar-refractivity contribution < 1.29 is 9.53 Å². The van der Waals surface area contributed by atoms with Crippen LogP contribution in [0.5, 0.6) is 0 Å². The molecular weight excluding hydrogens is 356 g/mol. The Labute approximate surface area is 162 Å². The molecule has 0 atom stereocenters. The molecule has 4 nitrogen and oxygen atoms in total. The average molecular weight is 374 g/mol. The number of hydrogen-bond donors (Lipinski definition) is 0. The van der Waals surface area contributed by atoms with Crippen LogP contribution in [0.25, 0.3) is 22.2 Å². The van der Waals surface area contributed by atoms with Gasteiger partial charge in [-0.1, -0.05) is 41.6 Å². The number of rotatable bonds is 3. The maximum atomic E-state index is 12.6. The number of aryl methyl sites for hydroxylation is 2. The van der Waals surface area contributed by atoms with E-state index in [4.69, 9.17) is 4.74 Å². The molecule has 134 valence electrons. The Hall–Kier alpha value is -2.97. The second-order valence-corrected chi connectivity index (χ2v) is 7.38. The number of ether oxygens (including phenoxy) is 1. The van der Waals surface area contributed by atoms with E-state index < -0.39 is 0 Å². The molecule has 0 saturated carbocycles. The first-order valence-electron chi connectivity index (χ1n) is 8.75. The third-order valence-corrected chi connectivity index (χ3v) is 5.68. The molecule has 0 N–H and O–H groups in total. The van der Waals surface area contributed by atoms with E-state index in [0.717, 1.165) is 32.9 Å². The molecule has 0 amide bonds. The molecule has 3 heterocycles. The Morgan fingerprint density at radius 3 is 2.63 bits per heavy atom. The van der Waals surface area contributed by atoms with Crippen LogP contribution < -0.4 is 0 Å². The highest BCUT2D eigenvalue weighted by Gasteiger charge is 2.28. The molecule has 4 rings (SSSR count). The Balaban J connectivity index is 2.06.